The van der Waals surface area contributed by atoms with Crippen molar-refractivity contribution in [2.45, 2.75) is 38.5 Å². The van der Waals surface area contributed by atoms with Gasteiger partial charge in [-0.25, -0.2) is 0 Å². The summed E-state index contributed by atoms with van der Waals surface area (Å²) in [5.41, 5.74) is 8.81. The van der Waals surface area contributed by atoms with E-state index in [0.29, 0.717) is 0 Å². The molecule has 0 radical (unpaired) electrons. The Kier molecular flexibility index (Phi) is 7.16. The van der Waals surface area contributed by atoms with Crippen molar-refractivity contribution in [1.82, 2.24) is 0 Å². The lowest BCUT2D eigenvalue weighted by Crippen LogP contribution is -2.06. The van der Waals surface area contributed by atoms with Crippen LogP contribution in [0.15, 0.2) is 121 Å². The number of benzene rings is 5. The molecule has 0 N–H and O–H groups in total. The van der Waals surface area contributed by atoms with Crippen LogP contribution in [0.4, 0.5) is 0 Å². The Bertz CT molecular complexity index is 1320. The standard InChI is InChI=1S/C34H32/c1-4-13-27(14-5-1)19-12-22-34-32-21-11-10-20-30(32)26-31(25-29-17-8-3-9-18-29)33(34)24-23-28-15-6-2-7-16-28/h1-11,13-18,20-21,26H,12,19,22-25H2. The molecule has 0 saturated heterocycles. The number of rotatable bonds is 9. The number of aryl methyl sites for hydroxylation is 3. The maximum absolute atomic E-state index is 2.45. The Labute approximate surface area is 203 Å². The summed E-state index contributed by atoms with van der Waals surface area (Å²) < 4.78 is 0. The van der Waals surface area contributed by atoms with Gasteiger partial charge in [0, 0.05) is 0 Å². The number of hydrogen-bond acceptors (Lipinski definition) is 0. The van der Waals surface area contributed by atoms with Gasteiger partial charge in [-0.3, -0.25) is 0 Å². The van der Waals surface area contributed by atoms with Gasteiger partial charge in [0.25, 0.3) is 0 Å². The molecule has 0 unspecified atom stereocenters. The van der Waals surface area contributed by atoms with Crippen molar-refractivity contribution < 1.29 is 0 Å². The van der Waals surface area contributed by atoms with Crippen LogP contribution in [0.5, 0.6) is 0 Å². The zero-order valence-electron chi connectivity index (χ0n) is 19.8. The molecule has 0 atom stereocenters. The molecular formula is C34H32. The second-order valence-electron chi connectivity index (χ2n) is 9.20. The van der Waals surface area contributed by atoms with Gasteiger partial charge in [0.1, 0.15) is 0 Å². The Morgan fingerprint density at radius 2 is 0.971 bits per heavy atom. The van der Waals surface area contributed by atoms with Crippen molar-refractivity contribution >= 4 is 10.8 Å². The van der Waals surface area contributed by atoms with Gasteiger partial charge < -0.3 is 0 Å². The van der Waals surface area contributed by atoms with E-state index in [9.17, 15) is 0 Å². The largest absolute Gasteiger partial charge is 0.0622 e. The van der Waals surface area contributed by atoms with Crippen molar-refractivity contribution in [3.8, 4) is 0 Å². The van der Waals surface area contributed by atoms with Crippen molar-refractivity contribution in [2.24, 2.45) is 0 Å². The third kappa shape index (κ3) is 5.46. The van der Waals surface area contributed by atoms with Gasteiger partial charge in [0.05, 0.1) is 0 Å². The smallest absolute Gasteiger partial charge is 0.00227 e. The molecule has 5 aromatic carbocycles. The second-order valence-corrected chi connectivity index (χ2v) is 9.20. The minimum absolute atomic E-state index is 0.988. The van der Waals surface area contributed by atoms with Gasteiger partial charge in [-0.15, -0.1) is 0 Å². The fraction of sp³-hybridized carbons (Fsp3) is 0.176. The molecule has 0 heteroatoms. The Morgan fingerprint density at radius 3 is 1.65 bits per heavy atom. The monoisotopic (exact) mass is 440 g/mol. The molecule has 0 bridgehead atoms. The highest BCUT2D eigenvalue weighted by atomic mass is 14.2. The zero-order valence-corrected chi connectivity index (χ0v) is 19.8. The van der Waals surface area contributed by atoms with E-state index in [1.165, 1.54) is 39.4 Å². The molecule has 0 nitrogen and oxygen atoms in total. The van der Waals surface area contributed by atoms with E-state index < -0.39 is 0 Å². The molecule has 0 heterocycles. The molecular weight excluding hydrogens is 408 g/mol. The lowest BCUT2D eigenvalue weighted by molar-refractivity contribution is 0.806. The molecule has 168 valence electrons. The van der Waals surface area contributed by atoms with Crippen molar-refractivity contribution in [3.63, 3.8) is 0 Å². The molecule has 0 saturated carbocycles. The summed E-state index contributed by atoms with van der Waals surface area (Å²) in [6.45, 7) is 0. The molecule has 0 amide bonds. The minimum Gasteiger partial charge on any atom is -0.0622 e. The summed E-state index contributed by atoms with van der Waals surface area (Å²) in [6, 6.07) is 44.2. The molecule has 0 spiro atoms. The van der Waals surface area contributed by atoms with Crippen LogP contribution < -0.4 is 0 Å². The van der Waals surface area contributed by atoms with Crippen LogP contribution in [-0.2, 0) is 32.1 Å². The Balaban J connectivity index is 1.52. The average molecular weight is 441 g/mol. The van der Waals surface area contributed by atoms with Gasteiger partial charge in [0.2, 0.25) is 0 Å². The Morgan fingerprint density at radius 1 is 0.412 bits per heavy atom. The molecule has 5 aromatic rings. The van der Waals surface area contributed by atoms with Crippen LogP contribution in [0.2, 0.25) is 0 Å². The SMILES string of the molecule is c1ccc(CCCc2c(CCc3ccccc3)c(Cc3ccccc3)cc3ccccc23)cc1. The highest BCUT2D eigenvalue weighted by Gasteiger charge is 2.14. The van der Waals surface area contributed by atoms with Crippen molar-refractivity contribution in [2.75, 3.05) is 0 Å². The molecule has 34 heavy (non-hydrogen) atoms. The lowest BCUT2D eigenvalue weighted by Gasteiger charge is -2.19. The van der Waals surface area contributed by atoms with Gasteiger partial charge in [-0.2, -0.15) is 0 Å². The van der Waals surface area contributed by atoms with E-state index in [1.54, 1.807) is 11.1 Å². The van der Waals surface area contributed by atoms with E-state index in [1.807, 2.05) is 0 Å². The topological polar surface area (TPSA) is 0 Å². The second kappa shape index (κ2) is 11.0. The van der Waals surface area contributed by atoms with Gasteiger partial charge >= 0.3 is 0 Å². The van der Waals surface area contributed by atoms with Crippen LogP contribution in [0.3, 0.4) is 0 Å². The third-order valence-electron chi connectivity index (χ3n) is 6.85. The third-order valence-corrected chi connectivity index (χ3v) is 6.85. The first-order valence-electron chi connectivity index (χ1n) is 12.5. The van der Waals surface area contributed by atoms with E-state index >= 15 is 0 Å². The summed E-state index contributed by atoms with van der Waals surface area (Å²) in [7, 11) is 0. The van der Waals surface area contributed by atoms with E-state index in [-0.39, 0.29) is 0 Å². The maximum atomic E-state index is 2.45. The molecule has 0 aliphatic heterocycles. The maximum Gasteiger partial charge on any atom is -0.00227 e. The van der Waals surface area contributed by atoms with Gasteiger partial charge in [0.15, 0.2) is 0 Å². The first-order valence-corrected chi connectivity index (χ1v) is 12.5. The summed E-state index contributed by atoms with van der Waals surface area (Å²) in [5, 5.41) is 2.79. The van der Waals surface area contributed by atoms with E-state index in [0.717, 1.165) is 32.1 Å². The first-order chi connectivity index (χ1) is 16.9. The van der Waals surface area contributed by atoms with E-state index in [4.69, 9.17) is 0 Å². The predicted molar refractivity (Wildman–Crippen MR) is 146 cm³/mol. The quantitative estimate of drug-likeness (QED) is 0.216. The van der Waals surface area contributed by atoms with Gasteiger partial charge in [-0.05, 0) is 82.7 Å². The van der Waals surface area contributed by atoms with Crippen molar-refractivity contribution in [1.29, 1.82) is 0 Å². The van der Waals surface area contributed by atoms with Crippen LogP contribution in [-0.4, -0.2) is 0 Å². The summed E-state index contributed by atoms with van der Waals surface area (Å²) in [5.74, 6) is 0. The zero-order chi connectivity index (χ0) is 23.0. The highest BCUT2D eigenvalue weighted by molar-refractivity contribution is 5.88. The summed E-state index contributed by atoms with van der Waals surface area (Å²) in [6.07, 6.45) is 6.55. The molecule has 0 aliphatic rings. The normalized spacial score (nSPS) is 11.1. The van der Waals surface area contributed by atoms with Crippen LogP contribution in [0.25, 0.3) is 10.8 Å². The fourth-order valence-electron chi connectivity index (χ4n) is 5.13. The first kappa shape index (κ1) is 22.2. The average Bonchev–Trinajstić information content (AvgIpc) is 2.90. The molecule has 0 aromatic heterocycles. The molecule has 0 aliphatic carbocycles. The molecule has 0 fully saturated rings. The Hall–Kier alpha value is -3.64. The van der Waals surface area contributed by atoms with E-state index in [2.05, 4.69) is 121 Å². The summed E-state index contributed by atoms with van der Waals surface area (Å²) in [4.78, 5) is 0. The number of fused-ring (bicyclic) bond motifs is 1. The van der Waals surface area contributed by atoms with Crippen LogP contribution >= 0.6 is 0 Å². The highest BCUT2D eigenvalue weighted by Crippen LogP contribution is 2.30. The van der Waals surface area contributed by atoms with Crippen molar-refractivity contribution in [3.05, 3.63) is 155 Å². The lowest BCUT2D eigenvalue weighted by atomic mass is 9.85. The van der Waals surface area contributed by atoms with Gasteiger partial charge in [-0.1, -0.05) is 121 Å². The minimum atomic E-state index is 0.988. The van der Waals surface area contributed by atoms with Crippen LogP contribution in [0.1, 0.15) is 39.8 Å². The predicted octanol–water partition coefficient (Wildman–Crippen LogP) is 8.39. The summed E-state index contributed by atoms with van der Waals surface area (Å²) >= 11 is 0. The number of hydrogen-bond donors (Lipinski definition) is 0. The van der Waals surface area contributed by atoms with Crippen LogP contribution in [0, 0.1) is 0 Å². The fourth-order valence-corrected chi connectivity index (χ4v) is 5.13. The molecule has 5 rings (SSSR count).